The van der Waals surface area contributed by atoms with Crippen LogP contribution in [0.15, 0.2) is 54.6 Å². The van der Waals surface area contributed by atoms with Crippen molar-refractivity contribution in [3.8, 4) is 5.75 Å². The third kappa shape index (κ3) is 6.27. The zero-order chi connectivity index (χ0) is 28.3. The molecule has 0 saturated heterocycles. The first kappa shape index (κ1) is 28.4. The average Bonchev–Trinajstić information content (AvgIpc) is 3.36. The first-order chi connectivity index (χ1) is 19.2. The highest BCUT2D eigenvalue weighted by atomic mass is 16.6. The number of hydrogen-bond donors (Lipinski definition) is 1. The molecule has 2 bridgehead atoms. The topological polar surface area (TPSA) is 67.4 Å². The number of H-pyrrole nitrogens is 1. The minimum Gasteiger partial charge on any atom is -0.489 e. The van der Waals surface area contributed by atoms with Crippen LogP contribution in [0.2, 0.25) is 0 Å². The number of hydrogen-bond acceptors (Lipinski definition) is 5. The van der Waals surface area contributed by atoms with Gasteiger partial charge >= 0.3 is 5.97 Å². The molecular weight excluding hydrogens is 498 g/mol. The number of carbonyl (C=O) groups is 1. The van der Waals surface area contributed by atoms with Crippen molar-refractivity contribution in [3.05, 3.63) is 66.0 Å². The summed E-state index contributed by atoms with van der Waals surface area (Å²) in [7, 11) is 2.18. The fourth-order valence-corrected chi connectivity index (χ4v) is 6.44. The number of rotatable bonds is 12. The minimum absolute atomic E-state index is 0.0736. The molecule has 40 heavy (non-hydrogen) atoms. The number of carbonyl (C=O) groups excluding carboxylic acids is 1. The number of imidazole rings is 1. The van der Waals surface area contributed by atoms with E-state index >= 15 is 0 Å². The van der Waals surface area contributed by atoms with Crippen LogP contribution in [0.3, 0.4) is 0 Å². The highest BCUT2D eigenvalue weighted by Gasteiger charge is 2.50. The summed E-state index contributed by atoms with van der Waals surface area (Å²) in [6, 6.07) is 16.8. The van der Waals surface area contributed by atoms with Crippen LogP contribution in [0.5, 0.6) is 5.75 Å². The Hall–Kier alpha value is -3.12. The zero-order valence-electron chi connectivity index (χ0n) is 24.8. The summed E-state index contributed by atoms with van der Waals surface area (Å²) in [5, 5.41) is 0. The summed E-state index contributed by atoms with van der Waals surface area (Å²) in [6.45, 7) is 9.80. The normalized spacial score (nSPS) is 22.4. The van der Waals surface area contributed by atoms with E-state index in [9.17, 15) is 4.79 Å². The van der Waals surface area contributed by atoms with Crippen molar-refractivity contribution in [2.24, 2.45) is 17.8 Å². The summed E-state index contributed by atoms with van der Waals surface area (Å²) in [4.78, 5) is 23.6. The second-order valence-electron chi connectivity index (χ2n) is 12.4. The molecule has 1 aromatic heterocycles. The van der Waals surface area contributed by atoms with Crippen molar-refractivity contribution in [2.45, 2.75) is 77.9 Å². The van der Waals surface area contributed by atoms with Crippen LogP contribution in [0.1, 0.15) is 71.2 Å². The number of esters is 1. The van der Waals surface area contributed by atoms with E-state index in [1.807, 2.05) is 39.8 Å². The minimum atomic E-state index is -0.414. The fourth-order valence-electron chi connectivity index (χ4n) is 6.44. The first-order valence-corrected chi connectivity index (χ1v) is 15.1. The van der Waals surface area contributed by atoms with Crippen LogP contribution in [-0.2, 0) is 16.0 Å². The van der Waals surface area contributed by atoms with Gasteiger partial charge in [-0.15, -0.1) is 0 Å². The summed E-state index contributed by atoms with van der Waals surface area (Å²) >= 11 is 0. The third-order valence-electron chi connectivity index (χ3n) is 8.55. The molecule has 0 unspecified atom stereocenters. The molecule has 0 spiro atoms. The molecule has 0 radical (unpaired) electrons. The van der Waals surface area contributed by atoms with E-state index in [4.69, 9.17) is 14.5 Å². The summed E-state index contributed by atoms with van der Waals surface area (Å²) < 4.78 is 12.4. The predicted octanol–water partition coefficient (Wildman–Crippen LogP) is 7.06. The summed E-state index contributed by atoms with van der Waals surface area (Å²) in [6.07, 6.45) is 8.46. The van der Waals surface area contributed by atoms with E-state index in [1.54, 1.807) is 0 Å². The molecule has 0 amide bonds. The molecule has 0 aliphatic heterocycles. The SMILES string of the molecule is CC(C)Oc1cccc2[nH]c(CCCN(C)CC[C@]3(OC(=O)C(C)C)C[C@H]4CC[C@@H]3C=C4c3ccccc3)nc12. The summed E-state index contributed by atoms with van der Waals surface area (Å²) in [5.74, 6) is 2.34. The Labute approximate surface area is 239 Å². The van der Waals surface area contributed by atoms with Crippen molar-refractivity contribution >= 4 is 22.6 Å². The Morgan fingerprint density at radius 3 is 2.58 bits per heavy atom. The van der Waals surface area contributed by atoms with Crippen LogP contribution in [-0.4, -0.2) is 52.7 Å². The van der Waals surface area contributed by atoms with Gasteiger partial charge in [0, 0.05) is 25.3 Å². The lowest BCUT2D eigenvalue weighted by molar-refractivity contribution is -0.176. The van der Waals surface area contributed by atoms with Gasteiger partial charge < -0.3 is 19.4 Å². The van der Waals surface area contributed by atoms with Gasteiger partial charge in [-0.25, -0.2) is 4.98 Å². The van der Waals surface area contributed by atoms with Gasteiger partial charge in [-0.3, -0.25) is 4.79 Å². The van der Waals surface area contributed by atoms with Gasteiger partial charge in [0.2, 0.25) is 0 Å². The maximum absolute atomic E-state index is 12.9. The van der Waals surface area contributed by atoms with Crippen LogP contribution < -0.4 is 4.74 Å². The van der Waals surface area contributed by atoms with Gasteiger partial charge in [0.25, 0.3) is 0 Å². The van der Waals surface area contributed by atoms with Gasteiger partial charge in [-0.1, -0.05) is 56.3 Å². The maximum Gasteiger partial charge on any atom is 0.308 e. The number of aryl methyl sites for hydroxylation is 1. The highest BCUT2D eigenvalue weighted by molar-refractivity contribution is 5.81. The number of ether oxygens (including phenoxy) is 2. The predicted molar refractivity (Wildman–Crippen MR) is 161 cm³/mol. The molecular formula is C34H45N3O3. The summed E-state index contributed by atoms with van der Waals surface area (Å²) in [5.41, 5.74) is 4.26. The smallest absolute Gasteiger partial charge is 0.308 e. The number of aromatic amines is 1. The largest absolute Gasteiger partial charge is 0.489 e. The number of nitrogens with zero attached hydrogens (tertiary/aromatic N) is 2. The van der Waals surface area contributed by atoms with E-state index in [0.717, 1.165) is 67.8 Å². The zero-order valence-corrected chi connectivity index (χ0v) is 24.8. The lowest BCUT2D eigenvalue weighted by Gasteiger charge is -2.50. The molecule has 3 aromatic rings. The number of fused-ring (bicyclic) bond motifs is 3. The third-order valence-corrected chi connectivity index (χ3v) is 8.55. The van der Waals surface area contributed by atoms with Crippen LogP contribution >= 0.6 is 0 Å². The van der Waals surface area contributed by atoms with E-state index in [-0.39, 0.29) is 23.9 Å². The van der Waals surface area contributed by atoms with E-state index in [0.29, 0.717) is 5.92 Å². The number of allylic oxidation sites excluding steroid dienone is 1. The molecule has 1 heterocycles. The quantitative estimate of drug-likeness (QED) is 0.248. The fraction of sp³-hybridized carbons (Fsp3) is 0.529. The Kier molecular flexibility index (Phi) is 8.65. The first-order valence-electron chi connectivity index (χ1n) is 15.1. The van der Waals surface area contributed by atoms with Crippen LogP contribution in [0, 0.1) is 17.8 Å². The Bertz CT molecular complexity index is 1330. The second kappa shape index (κ2) is 12.2. The molecule has 3 atom stereocenters. The molecule has 214 valence electrons. The maximum atomic E-state index is 12.9. The Balaban J connectivity index is 1.22. The molecule has 1 fully saturated rings. The number of benzene rings is 2. The molecule has 1 N–H and O–H groups in total. The number of aromatic nitrogens is 2. The Morgan fingerprint density at radius 1 is 1.07 bits per heavy atom. The highest BCUT2D eigenvalue weighted by Crippen LogP contribution is 2.53. The van der Waals surface area contributed by atoms with Crippen molar-refractivity contribution < 1.29 is 14.3 Å². The molecule has 6 heteroatoms. The van der Waals surface area contributed by atoms with Gasteiger partial charge in [-0.05, 0) is 82.3 Å². The number of nitrogens with one attached hydrogen (secondary N) is 1. The molecule has 3 aliphatic rings. The monoisotopic (exact) mass is 543 g/mol. The van der Waals surface area contributed by atoms with Crippen molar-refractivity contribution in [1.29, 1.82) is 0 Å². The van der Waals surface area contributed by atoms with E-state index < -0.39 is 5.60 Å². The molecule has 1 saturated carbocycles. The average molecular weight is 544 g/mol. The van der Waals surface area contributed by atoms with Crippen molar-refractivity contribution in [3.63, 3.8) is 0 Å². The van der Waals surface area contributed by atoms with Crippen LogP contribution in [0.4, 0.5) is 0 Å². The lowest BCUT2D eigenvalue weighted by Crippen LogP contribution is -2.51. The van der Waals surface area contributed by atoms with Crippen LogP contribution in [0.25, 0.3) is 16.6 Å². The second-order valence-corrected chi connectivity index (χ2v) is 12.4. The van der Waals surface area contributed by atoms with Gasteiger partial charge in [0.05, 0.1) is 17.5 Å². The Morgan fingerprint density at radius 2 is 1.88 bits per heavy atom. The molecule has 3 aliphatic carbocycles. The lowest BCUT2D eigenvalue weighted by atomic mass is 9.60. The number of para-hydroxylation sites is 1. The van der Waals surface area contributed by atoms with Crippen molar-refractivity contribution in [1.82, 2.24) is 14.9 Å². The van der Waals surface area contributed by atoms with Gasteiger partial charge in [0.1, 0.15) is 22.7 Å². The van der Waals surface area contributed by atoms with Gasteiger partial charge in [0.15, 0.2) is 0 Å². The molecule has 6 rings (SSSR count). The van der Waals surface area contributed by atoms with Gasteiger partial charge in [-0.2, -0.15) is 0 Å². The van der Waals surface area contributed by atoms with Crippen molar-refractivity contribution in [2.75, 3.05) is 20.1 Å². The standard InChI is InChI=1S/C34H45N3O3/c1-23(2)33(38)40-34(22-26-16-17-27(34)21-28(26)25-11-7-6-8-12-25)18-20-37(5)19-10-15-31-35-29-13-9-14-30(32(29)36-31)39-24(3)4/h6-9,11-14,21,23-24,26-27H,10,15-20,22H2,1-5H3,(H,35,36)/t26-,27-,34+/m1/s1. The molecule has 2 aromatic carbocycles. The molecule has 6 nitrogen and oxygen atoms in total. The van der Waals surface area contributed by atoms with E-state index in [2.05, 4.69) is 59.4 Å². The van der Waals surface area contributed by atoms with E-state index in [1.165, 1.54) is 17.6 Å².